The molecule has 0 spiro atoms. The number of benzene rings is 1. The molecule has 1 aromatic rings. The van der Waals surface area contributed by atoms with Gasteiger partial charge in [0, 0.05) is 13.1 Å². The molecular formula is C18H29N3O2. The van der Waals surface area contributed by atoms with Gasteiger partial charge in [-0.25, -0.2) is 0 Å². The fourth-order valence-electron chi connectivity index (χ4n) is 2.71. The maximum atomic E-state index is 12.5. The van der Waals surface area contributed by atoms with Crippen LogP contribution in [0.4, 0.5) is 0 Å². The predicted molar refractivity (Wildman–Crippen MR) is 93.0 cm³/mol. The van der Waals surface area contributed by atoms with Crippen LogP contribution in [0.3, 0.4) is 0 Å². The summed E-state index contributed by atoms with van der Waals surface area (Å²) in [5, 5.41) is 6.46. The number of rotatable bonds is 7. The van der Waals surface area contributed by atoms with Crippen LogP contribution >= 0.6 is 0 Å². The Morgan fingerprint density at radius 1 is 1.30 bits per heavy atom. The monoisotopic (exact) mass is 319 g/mol. The van der Waals surface area contributed by atoms with Crippen molar-refractivity contribution in [3.8, 4) is 5.75 Å². The summed E-state index contributed by atoms with van der Waals surface area (Å²) in [5.41, 5.74) is 0.797. The Morgan fingerprint density at radius 2 is 2.00 bits per heavy atom. The highest BCUT2D eigenvalue weighted by Crippen LogP contribution is 2.27. The van der Waals surface area contributed by atoms with Gasteiger partial charge in [0.2, 0.25) is 0 Å². The second-order valence-electron chi connectivity index (χ2n) is 6.89. The Labute approximate surface area is 139 Å². The first-order valence-electron chi connectivity index (χ1n) is 8.36. The molecule has 1 aromatic carbocycles. The van der Waals surface area contributed by atoms with Gasteiger partial charge in [-0.3, -0.25) is 4.79 Å². The first kappa shape index (κ1) is 17.8. The van der Waals surface area contributed by atoms with Gasteiger partial charge in [-0.1, -0.05) is 19.1 Å². The first-order chi connectivity index (χ1) is 11.0. The molecule has 0 aliphatic carbocycles. The van der Waals surface area contributed by atoms with E-state index in [9.17, 15) is 4.79 Å². The minimum absolute atomic E-state index is 0.0507. The molecular weight excluding hydrogens is 290 g/mol. The topological polar surface area (TPSA) is 53.6 Å². The van der Waals surface area contributed by atoms with Gasteiger partial charge in [0.25, 0.3) is 5.91 Å². The summed E-state index contributed by atoms with van der Waals surface area (Å²) >= 11 is 0. The van der Waals surface area contributed by atoms with Gasteiger partial charge in [-0.2, -0.15) is 0 Å². The van der Waals surface area contributed by atoms with Crippen molar-refractivity contribution in [1.29, 1.82) is 0 Å². The molecule has 1 aliphatic rings. The van der Waals surface area contributed by atoms with Crippen LogP contribution in [0.15, 0.2) is 24.3 Å². The highest BCUT2D eigenvalue weighted by atomic mass is 16.5. The lowest BCUT2D eigenvalue weighted by molar-refractivity contribution is 0.0918. The summed E-state index contributed by atoms with van der Waals surface area (Å²) in [4.78, 5) is 14.6. The Hall–Kier alpha value is -1.59. The highest BCUT2D eigenvalue weighted by molar-refractivity contribution is 5.96. The van der Waals surface area contributed by atoms with Crippen LogP contribution < -0.4 is 15.4 Å². The molecule has 0 radical (unpaired) electrons. The van der Waals surface area contributed by atoms with E-state index in [1.54, 1.807) is 0 Å². The van der Waals surface area contributed by atoms with E-state index in [1.807, 2.05) is 38.4 Å². The molecule has 1 amide bonds. The molecule has 1 fully saturated rings. The average Bonchev–Trinajstić information content (AvgIpc) is 2.53. The van der Waals surface area contributed by atoms with Crippen molar-refractivity contribution >= 4 is 5.91 Å². The van der Waals surface area contributed by atoms with Crippen LogP contribution in [0.2, 0.25) is 0 Å². The van der Waals surface area contributed by atoms with E-state index in [0.717, 1.165) is 32.5 Å². The van der Waals surface area contributed by atoms with Gasteiger partial charge in [-0.15, -0.1) is 0 Å². The number of nitrogens with zero attached hydrogens (tertiary/aromatic N) is 1. The van der Waals surface area contributed by atoms with Crippen molar-refractivity contribution in [2.75, 3.05) is 46.9 Å². The number of ether oxygens (including phenoxy) is 1. The number of carbonyl (C=O) groups excluding carboxylic acids is 1. The van der Waals surface area contributed by atoms with Gasteiger partial charge in [0.15, 0.2) is 0 Å². The largest absolute Gasteiger partial charge is 0.491 e. The molecule has 0 atom stereocenters. The third kappa shape index (κ3) is 5.52. The van der Waals surface area contributed by atoms with Crippen molar-refractivity contribution < 1.29 is 9.53 Å². The number of nitrogens with one attached hydrogen (secondary N) is 2. The minimum atomic E-state index is -0.0507. The molecule has 0 saturated carbocycles. The van der Waals surface area contributed by atoms with Crippen molar-refractivity contribution in [2.24, 2.45) is 5.41 Å². The second-order valence-corrected chi connectivity index (χ2v) is 6.89. The summed E-state index contributed by atoms with van der Waals surface area (Å²) < 4.78 is 5.77. The standard InChI is InChI=1S/C18H29N3O2/c1-18(8-10-19-11-9-18)14-20-17(22)15-6-4-5-7-16(15)23-13-12-21(2)3/h4-7,19H,8-14H2,1-3H3,(H,20,22). The Kier molecular flexibility index (Phi) is 6.42. The van der Waals surface area contributed by atoms with Crippen LogP contribution in [-0.2, 0) is 0 Å². The lowest BCUT2D eigenvalue weighted by atomic mass is 9.81. The number of carbonyl (C=O) groups is 1. The van der Waals surface area contributed by atoms with Gasteiger partial charge in [-0.05, 0) is 57.6 Å². The predicted octanol–water partition coefficient (Wildman–Crippen LogP) is 1.75. The lowest BCUT2D eigenvalue weighted by Gasteiger charge is -2.34. The van der Waals surface area contributed by atoms with Crippen LogP contribution in [0.25, 0.3) is 0 Å². The Bertz CT molecular complexity index is 511. The van der Waals surface area contributed by atoms with Crippen molar-refractivity contribution in [2.45, 2.75) is 19.8 Å². The number of hydrogen-bond donors (Lipinski definition) is 2. The third-order valence-electron chi connectivity index (χ3n) is 4.41. The molecule has 2 N–H and O–H groups in total. The van der Waals surface area contributed by atoms with E-state index in [2.05, 4.69) is 22.5 Å². The number of para-hydroxylation sites is 1. The van der Waals surface area contributed by atoms with Gasteiger partial charge < -0.3 is 20.3 Å². The zero-order chi connectivity index (χ0) is 16.7. The van der Waals surface area contributed by atoms with Crippen LogP contribution in [0.5, 0.6) is 5.75 Å². The van der Waals surface area contributed by atoms with Gasteiger partial charge in [0.1, 0.15) is 12.4 Å². The van der Waals surface area contributed by atoms with Crippen molar-refractivity contribution in [1.82, 2.24) is 15.5 Å². The molecule has 23 heavy (non-hydrogen) atoms. The first-order valence-corrected chi connectivity index (χ1v) is 8.36. The molecule has 5 nitrogen and oxygen atoms in total. The quantitative estimate of drug-likeness (QED) is 0.804. The van der Waals surface area contributed by atoms with E-state index >= 15 is 0 Å². The van der Waals surface area contributed by atoms with Crippen molar-refractivity contribution in [3.05, 3.63) is 29.8 Å². The lowest BCUT2D eigenvalue weighted by Crippen LogP contribution is -2.43. The summed E-state index contributed by atoms with van der Waals surface area (Å²) in [6.45, 7) is 6.39. The number of likely N-dealkylation sites (N-methyl/N-ethyl adjacent to an activating group) is 1. The van der Waals surface area contributed by atoms with E-state index in [1.165, 1.54) is 0 Å². The number of hydrogen-bond acceptors (Lipinski definition) is 4. The second kappa shape index (κ2) is 8.31. The summed E-state index contributed by atoms with van der Waals surface area (Å²) in [7, 11) is 4.00. The smallest absolute Gasteiger partial charge is 0.255 e. The van der Waals surface area contributed by atoms with Crippen LogP contribution in [-0.4, -0.2) is 57.7 Å². The molecule has 1 aliphatic heterocycles. The Morgan fingerprint density at radius 3 is 2.70 bits per heavy atom. The maximum Gasteiger partial charge on any atom is 0.255 e. The normalized spacial score (nSPS) is 17.0. The molecule has 0 bridgehead atoms. The van der Waals surface area contributed by atoms with E-state index in [-0.39, 0.29) is 11.3 Å². The van der Waals surface area contributed by atoms with E-state index in [0.29, 0.717) is 24.5 Å². The molecule has 2 rings (SSSR count). The fraction of sp³-hybridized carbons (Fsp3) is 0.611. The molecule has 128 valence electrons. The third-order valence-corrected chi connectivity index (χ3v) is 4.41. The Balaban J connectivity index is 1.93. The summed E-state index contributed by atoms with van der Waals surface area (Å²) in [6.07, 6.45) is 2.18. The zero-order valence-corrected chi connectivity index (χ0v) is 14.5. The van der Waals surface area contributed by atoms with E-state index in [4.69, 9.17) is 4.74 Å². The van der Waals surface area contributed by atoms with Crippen LogP contribution in [0, 0.1) is 5.41 Å². The summed E-state index contributed by atoms with van der Waals surface area (Å²) in [5.74, 6) is 0.604. The summed E-state index contributed by atoms with van der Waals surface area (Å²) in [6, 6.07) is 7.46. The fourth-order valence-corrected chi connectivity index (χ4v) is 2.71. The number of piperidine rings is 1. The molecule has 5 heteroatoms. The maximum absolute atomic E-state index is 12.5. The SMILES string of the molecule is CN(C)CCOc1ccccc1C(=O)NCC1(C)CCNCC1. The molecule has 0 aromatic heterocycles. The molecule has 1 heterocycles. The average molecular weight is 319 g/mol. The van der Waals surface area contributed by atoms with Gasteiger partial charge >= 0.3 is 0 Å². The van der Waals surface area contributed by atoms with Crippen LogP contribution in [0.1, 0.15) is 30.1 Å². The van der Waals surface area contributed by atoms with Gasteiger partial charge in [0.05, 0.1) is 5.56 Å². The van der Waals surface area contributed by atoms with Crippen molar-refractivity contribution in [3.63, 3.8) is 0 Å². The zero-order valence-electron chi connectivity index (χ0n) is 14.5. The molecule has 0 unspecified atom stereocenters. The molecule has 1 saturated heterocycles. The highest BCUT2D eigenvalue weighted by Gasteiger charge is 2.27. The number of amides is 1. The minimum Gasteiger partial charge on any atom is -0.491 e. The van der Waals surface area contributed by atoms with E-state index < -0.39 is 0 Å².